The van der Waals surface area contributed by atoms with Gasteiger partial charge in [0.1, 0.15) is 0 Å². The Balaban J connectivity index is 1.66. The standard InChI is InChI=1S/C19H19N3O/c1-4-8-19(22-11-13-23-14-12-22)15(5-1)9-10-18-16-6-2-3-7-17(16)20-21-18/h1-10H,11-14H2,(H,20,21)/b10-9+. The maximum Gasteiger partial charge on any atom is 0.0927 e. The highest BCUT2D eigenvalue weighted by molar-refractivity contribution is 5.90. The second-order valence-corrected chi connectivity index (χ2v) is 5.65. The summed E-state index contributed by atoms with van der Waals surface area (Å²) in [5.41, 5.74) is 4.50. The number of nitrogens with zero attached hydrogens (tertiary/aromatic N) is 2. The number of ether oxygens (including phenoxy) is 1. The number of aromatic nitrogens is 2. The van der Waals surface area contributed by atoms with Crippen LogP contribution >= 0.6 is 0 Å². The van der Waals surface area contributed by atoms with Crippen LogP contribution in [0.5, 0.6) is 0 Å². The fourth-order valence-corrected chi connectivity index (χ4v) is 3.00. The van der Waals surface area contributed by atoms with E-state index in [-0.39, 0.29) is 0 Å². The van der Waals surface area contributed by atoms with Crippen molar-refractivity contribution in [2.24, 2.45) is 0 Å². The maximum absolute atomic E-state index is 5.45. The number of anilines is 1. The molecule has 4 nitrogen and oxygen atoms in total. The quantitative estimate of drug-likeness (QED) is 0.804. The predicted molar refractivity (Wildman–Crippen MR) is 94.5 cm³/mol. The summed E-state index contributed by atoms with van der Waals surface area (Å²) in [6.07, 6.45) is 4.23. The second kappa shape index (κ2) is 6.26. The lowest BCUT2D eigenvalue weighted by Gasteiger charge is -2.30. The smallest absolute Gasteiger partial charge is 0.0927 e. The van der Waals surface area contributed by atoms with Crippen LogP contribution in [0.25, 0.3) is 23.1 Å². The molecule has 1 aromatic heterocycles. The Hall–Kier alpha value is -2.59. The minimum Gasteiger partial charge on any atom is -0.378 e. The Morgan fingerprint density at radius 2 is 1.74 bits per heavy atom. The summed E-state index contributed by atoms with van der Waals surface area (Å²) in [5.74, 6) is 0. The summed E-state index contributed by atoms with van der Waals surface area (Å²) in [5, 5.41) is 8.63. The summed E-state index contributed by atoms with van der Waals surface area (Å²) in [7, 11) is 0. The molecule has 1 N–H and O–H groups in total. The van der Waals surface area contributed by atoms with Crippen molar-refractivity contribution in [2.45, 2.75) is 0 Å². The van der Waals surface area contributed by atoms with Crippen molar-refractivity contribution in [3.05, 3.63) is 59.8 Å². The van der Waals surface area contributed by atoms with E-state index in [1.165, 1.54) is 11.3 Å². The summed E-state index contributed by atoms with van der Waals surface area (Å²) in [4.78, 5) is 2.38. The lowest BCUT2D eigenvalue weighted by atomic mass is 10.1. The van der Waals surface area contributed by atoms with Crippen molar-refractivity contribution in [1.82, 2.24) is 10.2 Å². The molecule has 1 fully saturated rings. The largest absolute Gasteiger partial charge is 0.378 e. The number of benzene rings is 2. The van der Waals surface area contributed by atoms with Crippen molar-refractivity contribution in [2.75, 3.05) is 31.2 Å². The van der Waals surface area contributed by atoms with E-state index in [9.17, 15) is 0 Å². The first-order valence-electron chi connectivity index (χ1n) is 7.95. The van der Waals surface area contributed by atoms with Gasteiger partial charge in [-0.15, -0.1) is 0 Å². The third-order valence-corrected chi connectivity index (χ3v) is 4.21. The average molecular weight is 305 g/mol. The van der Waals surface area contributed by atoms with Gasteiger partial charge in [-0.05, 0) is 23.8 Å². The molecule has 0 aliphatic carbocycles. The number of para-hydroxylation sites is 2. The van der Waals surface area contributed by atoms with E-state index in [0.29, 0.717) is 0 Å². The zero-order valence-electron chi connectivity index (χ0n) is 12.9. The summed E-state index contributed by atoms with van der Waals surface area (Å²) in [6.45, 7) is 3.47. The number of nitrogens with one attached hydrogen (secondary N) is 1. The molecular weight excluding hydrogens is 286 g/mol. The van der Waals surface area contributed by atoms with Crippen LogP contribution in [0, 0.1) is 0 Å². The van der Waals surface area contributed by atoms with E-state index in [2.05, 4.69) is 57.6 Å². The van der Waals surface area contributed by atoms with Crippen LogP contribution in [0.15, 0.2) is 48.5 Å². The lowest BCUT2D eigenvalue weighted by Crippen LogP contribution is -2.36. The SMILES string of the molecule is C(=C\c1n[nH]c2ccccc12)/c1ccccc1N1CCOCC1. The van der Waals surface area contributed by atoms with Gasteiger partial charge in [0, 0.05) is 24.2 Å². The van der Waals surface area contributed by atoms with Gasteiger partial charge < -0.3 is 9.64 Å². The zero-order chi connectivity index (χ0) is 15.5. The topological polar surface area (TPSA) is 41.2 Å². The van der Waals surface area contributed by atoms with Gasteiger partial charge in [-0.1, -0.05) is 42.5 Å². The molecule has 0 atom stereocenters. The molecule has 4 heteroatoms. The van der Waals surface area contributed by atoms with Crippen LogP contribution < -0.4 is 4.90 Å². The molecule has 0 radical (unpaired) electrons. The molecule has 116 valence electrons. The number of hydrogen-bond acceptors (Lipinski definition) is 3. The molecule has 1 aliphatic rings. The van der Waals surface area contributed by atoms with Crippen LogP contribution in [-0.4, -0.2) is 36.5 Å². The molecule has 0 spiro atoms. The highest BCUT2D eigenvalue weighted by Crippen LogP contribution is 2.24. The van der Waals surface area contributed by atoms with Gasteiger partial charge in [-0.3, -0.25) is 5.10 Å². The van der Waals surface area contributed by atoms with E-state index in [0.717, 1.165) is 42.9 Å². The van der Waals surface area contributed by atoms with Crippen LogP contribution in [0.2, 0.25) is 0 Å². The van der Waals surface area contributed by atoms with E-state index in [4.69, 9.17) is 4.74 Å². The zero-order valence-corrected chi connectivity index (χ0v) is 12.9. The summed E-state index contributed by atoms with van der Waals surface area (Å²) in [6, 6.07) is 16.7. The molecule has 0 amide bonds. The summed E-state index contributed by atoms with van der Waals surface area (Å²) >= 11 is 0. The molecule has 0 saturated carbocycles. The normalized spacial score (nSPS) is 15.6. The van der Waals surface area contributed by atoms with Crippen LogP contribution in [0.3, 0.4) is 0 Å². The molecule has 1 aliphatic heterocycles. The second-order valence-electron chi connectivity index (χ2n) is 5.65. The van der Waals surface area contributed by atoms with E-state index in [1.54, 1.807) is 0 Å². The molecule has 2 heterocycles. The van der Waals surface area contributed by atoms with Gasteiger partial charge in [-0.2, -0.15) is 5.10 Å². The molecule has 4 rings (SSSR count). The molecular formula is C19H19N3O. The van der Waals surface area contributed by atoms with Gasteiger partial charge in [0.2, 0.25) is 0 Å². The van der Waals surface area contributed by atoms with Crippen LogP contribution in [-0.2, 0) is 4.74 Å². The van der Waals surface area contributed by atoms with Gasteiger partial charge >= 0.3 is 0 Å². The van der Waals surface area contributed by atoms with Crippen molar-refractivity contribution < 1.29 is 4.74 Å². The van der Waals surface area contributed by atoms with Crippen molar-refractivity contribution in [3.8, 4) is 0 Å². The fraction of sp³-hybridized carbons (Fsp3) is 0.211. The number of morpholine rings is 1. The molecule has 0 unspecified atom stereocenters. The lowest BCUT2D eigenvalue weighted by molar-refractivity contribution is 0.122. The first-order valence-corrected chi connectivity index (χ1v) is 7.95. The summed E-state index contributed by atoms with van der Waals surface area (Å²) < 4.78 is 5.45. The monoisotopic (exact) mass is 305 g/mol. The third-order valence-electron chi connectivity index (χ3n) is 4.21. The average Bonchev–Trinajstić information content (AvgIpc) is 3.04. The van der Waals surface area contributed by atoms with Crippen molar-refractivity contribution >= 4 is 28.7 Å². The first-order chi connectivity index (χ1) is 11.4. The Morgan fingerprint density at radius 1 is 0.957 bits per heavy atom. The molecule has 3 aromatic rings. The van der Waals surface area contributed by atoms with E-state index in [1.807, 2.05) is 18.2 Å². The Labute approximate surface area is 135 Å². The van der Waals surface area contributed by atoms with Crippen LogP contribution in [0.1, 0.15) is 11.3 Å². The Bertz CT molecular complexity index is 831. The first kappa shape index (κ1) is 14.0. The third kappa shape index (κ3) is 2.85. The molecule has 2 aromatic carbocycles. The number of H-pyrrole nitrogens is 1. The Kier molecular flexibility index (Phi) is 3.82. The number of hydrogen-bond donors (Lipinski definition) is 1. The molecule has 0 bridgehead atoms. The van der Waals surface area contributed by atoms with Crippen molar-refractivity contribution in [3.63, 3.8) is 0 Å². The number of fused-ring (bicyclic) bond motifs is 1. The maximum atomic E-state index is 5.45. The highest BCUT2D eigenvalue weighted by Gasteiger charge is 2.13. The number of rotatable bonds is 3. The van der Waals surface area contributed by atoms with Crippen molar-refractivity contribution in [1.29, 1.82) is 0 Å². The number of aromatic amines is 1. The molecule has 23 heavy (non-hydrogen) atoms. The van der Waals surface area contributed by atoms with Gasteiger partial charge in [0.05, 0.1) is 24.4 Å². The van der Waals surface area contributed by atoms with Crippen LogP contribution in [0.4, 0.5) is 5.69 Å². The Morgan fingerprint density at radius 3 is 2.65 bits per heavy atom. The molecule has 1 saturated heterocycles. The van der Waals surface area contributed by atoms with Gasteiger partial charge in [-0.25, -0.2) is 0 Å². The van der Waals surface area contributed by atoms with Gasteiger partial charge in [0.15, 0.2) is 0 Å². The minimum absolute atomic E-state index is 0.794. The highest BCUT2D eigenvalue weighted by atomic mass is 16.5. The van der Waals surface area contributed by atoms with E-state index < -0.39 is 0 Å². The minimum atomic E-state index is 0.794. The van der Waals surface area contributed by atoms with Gasteiger partial charge in [0.25, 0.3) is 0 Å². The fourth-order valence-electron chi connectivity index (χ4n) is 3.00. The van der Waals surface area contributed by atoms with E-state index >= 15 is 0 Å². The predicted octanol–water partition coefficient (Wildman–Crippen LogP) is 3.57.